The van der Waals surface area contributed by atoms with Crippen molar-refractivity contribution in [2.24, 2.45) is 17.8 Å². The maximum atomic E-state index is 13.9. The zero-order valence-corrected chi connectivity index (χ0v) is 13.8. The van der Waals surface area contributed by atoms with E-state index < -0.39 is 0 Å². The molecular formula is C17H27ClFN. The van der Waals surface area contributed by atoms with Gasteiger partial charge in [0.25, 0.3) is 0 Å². The van der Waals surface area contributed by atoms with Gasteiger partial charge in [-0.2, -0.15) is 0 Å². The Labute approximate surface area is 127 Å². The van der Waals surface area contributed by atoms with Crippen LogP contribution in [0.4, 0.5) is 4.39 Å². The lowest BCUT2D eigenvalue weighted by Crippen LogP contribution is -2.28. The van der Waals surface area contributed by atoms with Gasteiger partial charge < -0.3 is 5.32 Å². The molecule has 0 aliphatic rings. The zero-order chi connectivity index (χ0) is 15.1. The summed E-state index contributed by atoms with van der Waals surface area (Å²) in [5.74, 6) is 1.54. The monoisotopic (exact) mass is 299 g/mol. The summed E-state index contributed by atoms with van der Waals surface area (Å²) >= 11 is 5.80. The van der Waals surface area contributed by atoms with Crippen LogP contribution in [-0.2, 0) is 6.42 Å². The van der Waals surface area contributed by atoms with Crippen LogP contribution in [0.5, 0.6) is 0 Å². The quantitative estimate of drug-likeness (QED) is 0.717. The van der Waals surface area contributed by atoms with Crippen LogP contribution in [0, 0.1) is 23.6 Å². The average Bonchev–Trinajstić information content (AvgIpc) is 2.31. The van der Waals surface area contributed by atoms with Crippen LogP contribution >= 0.6 is 11.6 Å². The van der Waals surface area contributed by atoms with E-state index in [4.69, 9.17) is 11.6 Å². The predicted octanol–water partition coefficient (Wildman–Crippen LogP) is 4.93. The second-order valence-corrected chi connectivity index (χ2v) is 6.92. The molecule has 0 saturated carbocycles. The molecule has 20 heavy (non-hydrogen) atoms. The van der Waals surface area contributed by atoms with Crippen molar-refractivity contribution in [3.63, 3.8) is 0 Å². The first-order valence-corrected chi connectivity index (χ1v) is 7.91. The van der Waals surface area contributed by atoms with E-state index in [2.05, 4.69) is 33.0 Å². The van der Waals surface area contributed by atoms with Crippen LogP contribution in [0.2, 0.25) is 5.02 Å². The molecule has 1 aromatic carbocycles. The fourth-order valence-electron chi connectivity index (χ4n) is 2.48. The van der Waals surface area contributed by atoms with Crippen LogP contribution in [0.15, 0.2) is 18.2 Å². The first-order valence-electron chi connectivity index (χ1n) is 7.53. The van der Waals surface area contributed by atoms with Gasteiger partial charge in [-0.05, 0) is 61.4 Å². The van der Waals surface area contributed by atoms with Gasteiger partial charge in [-0.3, -0.25) is 0 Å². The minimum absolute atomic E-state index is 0.185. The van der Waals surface area contributed by atoms with E-state index >= 15 is 0 Å². The second-order valence-electron chi connectivity index (χ2n) is 6.49. The average molecular weight is 300 g/mol. The number of rotatable bonds is 8. The van der Waals surface area contributed by atoms with Crippen LogP contribution in [0.3, 0.4) is 0 Å². The highest BCUT2D eigenvalue weighted by Gasteiger charge is 2.14. The van der Waals surface area contributed by atoms with Crippen molar-refractivity contribution in [1.82, 2.24) is 5.32 Å². The number of hydrogen-bond donors (Lipinski definition) is 1. The Bertz CT molecular complexity index is 404. The molecule has 0 fully saturated rings. The van der Waals surface area contributed by atoms with Gasteiger partial charge in [0, 0.05) is 5.02 Å². The minimum Gasteiger partial charge on any atom is -0.316 e. The summed E-state index contributed by atoms with van der Waals surface area (Å²) in [6, 6.07) is 4.99. The molecule has 0 radical (unpaired) electrons. The van der Waals surface area contributed by atoms with Crippen molar-refractivity contribution >= 4 is 11.6 Å². The standard InChI is InChI=1S/C17H27ClFN/c1-12(2)7-14(11-20-10-13(3)4)8-15-5-6-16(18)9-17(15)19/h5-6,9,12-14,20H,7-8,10-11H2,1-4H3. The number of hydrogen-bond acceptors (Lipinski definition) is 1. The topological polar surface area (TPSA) is 12.0 Å². The van der Waals surface area contributed by atoms with Gasteiger partial charge in [0.2, 0.25) is 0 Å². The molecule has 0 amide bonds. The number of benzene rings is 1. The summed E-state index contributed by atoms with van der Waals surface area (Å²) in [6.45, 7) is 10.8. The lowest BCUT2D eigenvalue weighted by molar-refractivity contribution is 0.372. The van der Waals surface area contributed by atoms with Crippen molar-refractivity contribution in [2.45, 2.75) is 40.5 Å². The molecule has 114 valence electrons. The number of halogens is 2. The largest absolute Gasteiger partial charge is 0.316 e. The Morgan fingerprint density at radius 3 is 2.35 bits per heavy atom. The van der Waals surface area contributed by atoms with E-state index in [0.717, 1.165) is 31.5 Å². The Balaban J connectivity index is 2.63. The summed E-state index contributed by atoms with van der Waals surface area (Å²) in [5, 5.41) is 3.96. The maximum Gasteiger partial charge on any atom is 0.127 e. The fraction of sp³-hybridized carbons (Fsp3) is 0.647. The summed E-state index contributed by atoms with van der Waals surface area (Å²) in [4.78, 5) is 0. The third-order valence-electron chi connectivity index (χ3n) is 3.31. The van der Waals surface area contributed by atoms with Gasteiger partial charge in [-0.25, -0.2) is 4.39 Å². The van der Waals surface area contributed by atoms with E-state index in [1.165, 1.54) is 6.07 Å². The molecule has 1 atom stereocenters. The molecule has 1 N–H and O–H groups in total. The van der Waals surface area contributed by atoms with Gasteiger partial charge in [0.1, 0.15) is 5.82 Å². The van der Waals surface area contributed by atoms with Gasteiger partial charge in [0.05, 0.1) is 0 Å². The lowest BCUT2D eigenvalue weighted by Gasteiger charge is -2.21. The second kappa shape index (κ2) is 8.63. The van der Waals surface area contributed by atoms with Crippen molar-refractivity contribution in [2.75, 3.05) is 13.1 Å². The van der Waals surface area contributed by atoms with E-state index in [1.807, 2.05) is 6.07 Å². The Morgan fingerprint density at radius 2 is 1.80 bits per heavy atom. The molecule has 1 aromatic rings. The third kappa shape index (κ3) is 6.71. The molecule has 1 nitrogen and oxygen atoms in total. The zero-order valence-electron chi connectivity index (χ0n) is 13.0. The highest BCUT2D eigenvalue weighted by Crippen LogP contribution is 2.21. The molecule has 0 aliphatic heterocycles. The van der Waals surface area contributed by atoms with Gasteiger partial charge >= 0.3 is 0 Å². The third-order valence-corrected chi connectivity index (χ3v) is 3.55. The van der Waals surface area contributed by atoms with E-state index in [0.29, 0.717) is 22.8 Å². The summed E-state index contributed by atoms with van der Waals surface area (Å²) in [7, 11) is 0. The molecule has 0 aliphatic carbocycles. The molecule has 0 spiro atoms. The normalized spacial score (nSPS) is 13.2. The van der Waals surface area contributed by atoms with Crippen molar-refractivity contribution in [3.05, 3.63) is 34.6 Å². The predicted molar refractivity (Wildman–Crippen MR) is 85.8 cm³/mol. The Hall–Kier alpha value is -0.600. The number of nitrogens with one attached hydrogen (secondary N) is 1. The molecule has 3 heteroatoms. The van der Waals surface area contributed by atoms with Crippen LogP contribution in [0.25, 0.3) is 0 Å². The van der Waals surface area contributed by atoms with Gasteiger partial charge in [-0.15, -0.1) is 0 Å². The summed E-state index contributed by atoms with van der Waals surface area (Å²) in [5.41, 5.74) is 0.770. The lowest BCUT2D eigenvalue weighted by atomic mass is 9.90. The molecule has 1 unspecified atom stereocenters. The SMILES string of the molecule is CC(C)CNCC(Cc1ccc(Cl)cc1F)CC(C)C. The summed E-state index contributed by atoms with van der Waals surface area (Å²) < 4.78 is 13.9. The molecule has 1 rings (SSSR count). The smallest absolute Gasteiger partial charge is 0.127 e. The van der Waals surface area contributed by atoms with E-state index in [9.17, 15) is 4.39 Å². The van der Waals surface area contributed by atoms with Crippen LogP contribution in [-0.4, -0.2) is 13.1 Å². The van der Waals surface area contributed by atoms with E-state index in [1.54, 1.807) is 6.07 Å². The van der Waals surface area contributed by atoms with Crippen molar-refractivity contribution in [3.8, 4) is 0 Å². The molecule has 0 saturated heterocycles. The highest BCUT2D eigenvalue weighted by atomic mass is 35.5. The first-order chi connectivity index (χ1) is 9.38. The summed E-state index contributed by atoms with van der Waals surface area (Å²) in [6.07, 6.45) is 1.87. The Morgan fingerprint density at radius 1 is 1.10 bits per heavy atom. The van der Waals surface area contributed by atoms with Crippen LogP contribution < -0.4 is 5.32 Å². The Kier molecular flexibility index (Phi) is 7.53. The molecule has 0 heterocycles. The van der Waals surface area contributed by atoms with E-state index in [-0.39, 0.29) is 5.82 Å². The van der Waals surface area contributed by atoms with Gasteiger partial charge in [0.15, 0.2) is 0 Å². The van der Waals surface area contributed by atoms with Crippen LogP contribution in [0.1, 0.15) is 39.7 Å². The van der Waals surface area contributed by atoms with Crippen molar-refractivity contribution in [1.29, 1.82) is 0 Å². The van der Waals surface area contributed by atoms with Crippen molar-refractivity contribution < 1.29 is 4.39 Å². The fourth-order valence-corrected chi connectivity index (χ4v) is 2.64. The molecule has 0 aromatic heterocycles. The minimum atomic E-state index is -0.185. The molecule has 0 bridgehead atoms. The maximum absolute atomic E-state index is 13.9. The van der Waals surface area contributed by atoms with Gasteiger partial charge in [-0.1, -0.05) is 45.4 Å². The highest BCUT2D eigenvalue weighted by molar-refractivity contribution is 6.30. The molecular weight excluding hydrogens is 273 g/mol. The first kappa shape index (κ1) is 17.5.